The molecule has 0 fully saturated rings. The summed E-state index contributed by atoms with van der Waals surface area (Å²) in [5, 5.41) is 13.8. The summed E-state index contributed by atoms with van der Waals surface area (Å²) in [6, 6.07) is 36.3. The van der Waals surface area contributed by atoms with Gasteiger partial charge in [0.05, 0.1) is 0 Å². The second-order valence-corrected chi connectivity index (χ2v) is 8.90. The molecule has 0 N–H and O–H groups in total. The first kappa shape index (κ1) is 15.9. The van der Waals surface area contributed by atoms with E-state index in [1.165, 1.54) is 76.1 Å². The fraction of sp³-hybridized carbons (Fsp3) is 0.0323. The average molecular weight is 390 g/mol. The first-order chi connectivity index (χ1) is 15.4. The lowest BCUT2D eigenvalue weighted by Gasteiger charge is -2.26. The molecule has 0 bridgehead atoms. The van der Waals surface area contributed by atoms with Crippen LogP contribution >= 0.6 is 0 Å². The van der Waals surface area contributed by atoms with E-state index in [0.29, 0.717) is 0 Å². The summed E-state index contributed by atoms with van der Waals surface area (Å²) >= 11 is 0. The third-order valence-corrected chi connectivity index (χ3v) is 7.36. The molecule has 0 unspecified atom stereocenters. The molecule has 0 heteroatoms. The van der Waals surface area contributed by atoms with E-state index in [0.717, 1.165) is 6.42 Å². The monoisotopic (exact) mass is 390 g/mol. The predicted octanol–water partition coefficient (Wildman–Crippen LogP) is 8.46. The van der Waals surface area contributed by atoms with Crippen molar-refractivity contribution in [3.05, 3.63) is 108 Å². The highest BCUT2D eigenvalue weighted by Crippen LogP contribution is 2.50. The lowest BCUT2D eigenvalue weighted by Crippen LogP contribution is -2.03. The van der Waals surface area contributed by atoms with E-state index >= 15 is 0 Å². The number of hydrogen-bond donors (Lipinski definition) is 0. The number of benzene rings is 7. The van der Waals surface area contributed by atoms with Crippen LogP contribution in [0.1, 0.15) is 11.1 Å². The largest absolute Gasteiger partial charge is 0.0619 e. The summed E-state index contributed by atoms with van der Waals surface area (Å²) in [5.74, 6) is 0. The topological polar surface area (TPSA) is 0 Å². The van der Waals surface area contributed by atoms with Gasteiger partial charge in [-0.3, -0.25) is 0 Å². The van der Waals surface area contributed by atoms with Gasteiger partial charge < -0.3 is 0 Å². The molecule has 0 nitrogen and oxygen atoms in total. The van der Waals surface area contributed by atoms with Crippen LogP contribution in [-0.2, 0) is 6.42 Å². The van der Waals surface area contributed by atoms with Crippen LogP contribution in [0.2, 0.25) is 0 Å². The maximum Gasteiger partial charge on any atom is -0.00110 e. The zero-order chi connectivity index (χ0) is 20.1. The molecule has 0 atom stereocenters. The second-order valence-electron chi connectivity index (χ2n) is 8.90. The molecule has 0 aromatic heterocycles. The Labute approximate surface area is 179 Å². The van der Waals surface area contributed by atoms with E-state index < -0.39 is 0 Å². The minimum absolute atomic E-state index is 0.999. The average Bonchev–Trinajstić information content (AvgIpc) is 2.83. The Kier molecular flexibility index (Phi) is 2.77. The van der Waals surface area contributed by atoms with Gasteiger partial charge in [-0.1, -0.05) is 91.0 Å². The van der Waals surface area contributed by atoms with Crippen LogP contribution in [0.4, 0.5) is 0 Å². The van der Waals surface area contributed by atoms with Gasteiger partial charge in [0.15, 0.2) is 0 Å². The normalized spacial score (nSPS) is 13.0. The van der Waals surface area contributed by atoms with E-state index in [1.807, 2.05) is 0 Å². The van der Waals surface area contributed by atoms with Crippen molar-refractivity contribution in [2.45, 2.75) is 6.42 Å². The standard InChI is InChI=1S/C31H18/c1-3-9-22-18(7-1)15-20-17-21-16-19-8-2-4-10-23(19)30-25-12-6-5-11-24(25)27-14-13-26(22)28(20)31(27)29(21)30/h1-15,17H,16H2. The fourth-order valence-electron chi connectivity index (χ4n) is 6.15. The first-order valence-electron chi connectivity index (χ1n) is 11.0. The van der Waals surface area contributed by atoms with Crippen molar-refractivity contribution < 1.29 is 0 Å². The zero-order valence-corrected chi connectivity index (χ0v) is 16.9. The van der Waals surface area contributed by atoms with Crippen LogP contribution in [0.15, 0.2) is 97.1 Å². The Morgan fingerprint density at radius 3 is 2.03 bits per heavy atom. The Balaban J connectivity index is 1.76. The van der Waals surface area contributed by atoms with E-state index in [9.17, 15) is 0 Å². The van der Waals surface area contributed by atoms with Crippen LogP contribution in [-0.4, -0.2) is 0 Å². The van der Waals surface area contributed by atoms with E-state index in [1.54, 1.807) is 0 Å². The van der Waals surface area contributed by atoms with Crippen molar-refractivity contribution in [1.29, 1.82) is 0 Å². The van der Waals surface area contributed by atoms with E-state index in [4.69, 9.17) is 0 Å². The van der Waals surface area contributed by atoms with Crippen LogP contribution < -0.4 is 0 Å². The van der Waals surface area contributed by atoms with Crippen LogP contribution in [0.5, 0.6) is 0 Å². The molecule has 1 aliphatic rings. The second kappa shape index (κ2) is 5.42. The first-order valence-corrected chi connectivity index (χ1v) is 11.0. The molecule has 0 saturated heterocycles. The van der Waals surface area contributed by atoms with Gasteiger partial charge in [0.1, 0.15) is 0 Å². The van der Waals surface area contributed by atoms with Crippen molar-refractivity contribution in [2.75, 3.05) is 0 Å². The summed E-state index contributed by atoms with van der Waals surface area (Å²) < 4.78 is 0. The summed E-state index contributed by atoms with van der Waals surface area (Å²) in [6.07, 6.45) is 0.999. The minimum Gasteiger partial charge on any atom is -0.0619 e. The molecule has 0 amide bonds. The molecule has 8 rings (SSSR count). The highest BCUT2D eigenvalue weighted by Gasteiger charge is 2.25. The van der Waals surface area contributed by atoms with Crippen molar-refractivity contribution in [3.8, 4) is 11.1 Å². The van der Waals surface area contributed by atoms with E-state index in [-0.39, 0.29) is 0 Å². The Morgan fingerprint density at radius 2 is 1.13 bits per heavy atom. The van der Waals surface area contributed by atoms with Crippen molar-refractivity contribution in [1.82, 2.24) is 0 Å². The van der Waals surface area contributed by atoms with E-state index in [2.05, 4.69) is 97.1 Å². The maximum atomic E-state index is 2.46. The maximum absolute atomic E-state index is 2.46. The van der Waals surface area contributed by atoms with Gasteiger partial charge in [-0.15, -0.1) is 0 Å². The van der Waals surface area contributed by atoms with Crippen LogP contribution in [0.25, 0.3) is 65.0 Å². The lowest BCUT2D eigenvalue weighted by molar-refractivity contribution is 1.21. The summed E-state index contributed by atoms with van der Waals surface area (Å²) in [6.45, 7) is 0. The molecule has 0 spiro atoms. The third-order valence-electron chi connectivity index (χ3n) is 7.36. The molecule has 0 saturated carbocycles. The number of fused-ring (bicyclic) bond motifs is 7. The third kappa shape index (κ3) is 1.87. The molecular formula is C31H18. The molecule has 0 heterocycles. The fourth-order valence-corrected chi connectivity index (χ4v) is 6.15. The quantitative estimate of drug-likeness (QED) is 0.180. The Bertz CT molecular complexity index is 1850. The lowest BCUT2D eigenvalue weighted by atomic mass is 9.77. The molecular weight excluding hydrogens is 372 g/mol. The highest BCUT2D eigenvalue weighted by atomic mass is 14.3. The predicted molar refractivity (Wildman–Crippen MR) is 133 cm³/mol. The number of rotatable bonds is 0. The van der Waals surface area contributed by atoms with Gasteiger partial charge in [-0.25, -0.2) is 0 Å². The summed E-state index contributed by atoms with van der Waals surface area (Å²) in [4.78, 5) is 0. The van der Waals surface area contributed by atoms with Gasteiger partial charge in [-0.05, 0) is 88.6 Å². The Morgan fingerprint density at radius 1 is 0.419 bits per heavy atom. The smallest absolute Gasteiger partial charge is 0.00110 e. The van der Waals surface area contributed by atoms with Gasteiger partial charge >= 0.3 is 0 Å². The van der Waals surface area contributed by atoms with Gasteiger partial charge in [0.2, 0.25) is 0 Å². The van der Waals surface area contributed by atoms with Crippen LogP contribution in [0.3, 0.4) is 0 Å². The highest BCUT2D eigenvalue weighted by molar-refractivity contribution is 6.37. The van der Waals surface area contributed by atoms with Crippen LogP contribution in [0, 0.1) is 0 Å². The van der Waals surface area contributed by atoms with Gasteiger partial charge in [0, 0.05) is 0 Å². The molecule has 142 valence electrons. The summed E-state index contributed by atoms with van der Waals surface area (Å²) in [5.41, 5.74) is 5.71. The SMILES string of the molecule is c1ccc2c(c1)Cc1cc3cc4ccccc4c4ccc5c6ccccc6c-2c1c5c34. The van der Waals surface area contributed by atoms with Crippen molar-refractivity contribution >= 4 is 53.9 Å². The molecule has 1 aliphatic carbocycles. The minimum atomic E-state index is 0.999. The van der Waals surface area contributed by atoms with Crippen molar-refractivity contribution in [2.24, 2.45) is 0 Å². The number of hydrogen-bond acceptors (Lipinski definition) is 0. The zero-order valence-electron chi connectivity index (χ0n) is 16.9. The molecule has 0 radical (unpaired) electrons. The molecule has 31 heavy (non-hydrogen) atoms. The molecule has 7 aromatic rings. The van der Waals surface area contributed by atoms with Gasteiger partial charge in [0.25, 0.3) is 0 Å². The summed E-state index contributed by atoms with van der Waals surface area (Å²) in [7, 11) is 0. The van der Waals surface area contributed by atoms with Crippen molar-refractivity contribution in [3.63, 3.8) is 0 Å². The molecule has 7 aromatic carbocycles. The Hall–Kier alpha value is -3.90. The van der Waals surface area contributed by atoms with Gasteiger partial charge in [-0.2, -0.15) is 0 Å². The molecule has 0 aliphatic heterocycles.